The number of carbonyl (C=O) groups excluding carboxylic acids is 2. The van der Waals surface area contributed by atoms with Gasteiger partial charge in [-0.2, -0.15) is 0 Å². The summed E-state index contributed by atoms with van der Waals surface area (Å²) in [6.07, 6.45) is 2.06. The number of benzene rings is 1. The fourth-order valence-corrected chi connectivity index (χ4v) is 4.38. The van der Waals surface area contributed by atoms with Crippen molar-refractivity contribution in [3.8, 4) is 0 Å². The predicted octanol–water partition coefficient (Wildman–Crippen LogP) is 2.38. The first-order valence-electron chi connectivity index (χ1n) is 11.0. The van der Waals surface area contributed by atoms with Crippen molar-refractivity contribution in [2.24, 2.45) is 0 Å². The van der Waals surface area contributed by atoms with Crippen LogP contribution in [-0.4, -0.2) is 76.0 Å². The first-order chi connectivity index (χ1) is 15.9. The minimum Gasteiger partial charge on any atom is -0.507 e. The van der Waals surface area contributed by atoms with Crippen molar-refractivity contribution in [3.05, 3.63) is 64.5 Å². The Morgan fingerprint density at radius 1 is 1.21 bits per heavy atom. The zero-order valence-electron chi connectivity index (χ0n) is 18.8. The highest BCUT2D eigenvalue weighted by Crippen LogP contribution is 2.39. The molecule has 0 spiro atoms. The molecule has 4 rings (SSSR count). The number of ether oxygens (including phenoxy) is 1. The largest absolute Gasteiger partial charge is 0.507 e. The van der Waals surface area contributed by atoms with E-state index in [1.165, 1.54) is 29.3 Å². The maximum atomic E-state index is 14.1. The maximum Gasteiger partial charge on any atom is 0.295 e. The molecule has 174 valence electrons. The second-order valence-electron chi connectivity index (χ2n) is 8.27. The molecule has 2 fully saturated rings. The summed E-state index contributed by atoms with van der Waals surface area (Å²) in [5.41, 5.74) is 1.10. The number of hydrogen-bond donors (Lipinski definition) is 1. The second kappa shape index (κ2) is 9.76. The van der Waals surface area contributed by atoms with Crippen molar-refractivity contribution >= 4 is 17.4 Å². The molecule has 2 aliphatic heterocycles. The van der Waals surface area contributed by atoms with Crippen LogP contribution >= 0.6 is 0 Å². The zero-order chi connectivity index (χ0) is 23.5. The van der Waals surface area contributed by atoms with Crippen molar-refractivity contribution < 1.29 is 23.8 Å². The van der Waals surface area contributed by atoms with Crippen molar-refractivity contribution in [3.63, 3.8) is 0 Å². The lowest BCUT2D eigenvalue weighted by Gasteiger charge is -2.29. The lowest BCUT2D eigenvalue weighted by molar-refractivity contribution is -0.140. The molecule has 2 saturated heterocycles. The number of aromatic nitrogens is 2. The SMILES string of the molecule is Cc1ncc(C(O)=C2C(=O)C(=O)N(CCCN3CCOCC3)C2c2cccc(F)c2)c(C)n1. The third-order valence-electron chi connectivity index (χ3n) is 6.04. The van der Waals surface area contributed by atoms with Gasteiger partial charge in [0.15, 0.2) is 0 Å². The Hall–Kier alpha value is -3.17. The molecule has 1 amide bonds. The molecule has 0 radical (unpaired) electrons. The standard InChI is InChI=1S/C24H27FN4O4/c1-15-19(14-26-16(2)27-15)22(30)20-21(17-5-3-6-18(25)13-17)29(24(32)23(20)31)8-4-7-28-9-11-33-12-10-28/h3,5-6,13-14,21,30H,4,7-12H2,1-2H3. The number of amides is 1. The topological polar surface area (TPSA) is 95.9 Å². The van der Waals surface area contributed by atoms with Crippen LogP contribution in [0.2, 0.25) is 0 Å². The minimum atomic E-state index is -0.897. The van der Waals surface area contributed by atoms with E-state index in [1.54, 1.807) is 19.9 Å². The molecule has 0 bridgehead atoms. The number of rotatable bonds is 6. The highest BCUT2D eigenvalue weighted by atomic mass is 19.1. The van der Waals surface area contributed by atoms with Crippen LogP contribution in [0.3, 0.4) is 0 Å². The average molecular weight is 455 g/mol. The summed E-state index contributed by atoms with van der Waals surface area (Å²) < 4.78 is 19.5. The average Bonchev–Trinajstić information content (AvgIpc) is 3.04. The monoisotopic (exact) mass is 454 g/mol. The number of ketones is 1. The van der Waals surface area contributed by atoms with E-state index < -0.39 is 23.5 Å². The van der Waals surface area contributed by atoms with Gasteiger partial charge >= 0.3 is 0 Å². The van der Waals surface area contributed by atoms with Crippen LogP contribution in [0, 0.1) is 19.7 Å². The second-order valence-corrected chi connectivity index (χ2v) is 8.27. The smallest absolute Gasteiger partial charge is 0.295 e. The number of Topliss-reactive ketones (excluding diaryl/α,β-unsaturated/α-hetero) is 1. The summed E-state index contributed by atoms with van der Waals surface area (Å²) in [5.74, 6) is -1.82. The Morgan fingerprint density at radius 3 is 2.67 bits per heavy atom. The van der Waals surface area contributed by atoms with Crippen LogP contribution in [0.25, 0.3) is 5.76 Å². The summed E-state index contributed by atoms with van der Waals surface area (Å²) in [5, 5.41) is 11.1. The Morgan fingerprint density at radius 2 is 1.97 bits per heavy atom. The minimum absolute atomic E-state index is 0.0764. The van der Waals surface area contributed by atoms with Gasteiger partial charge in [0.05, 0.1) is 36.1 Å². The van der Waals surface area contributed by atoms with E-state index in [9.17, 15) is 19.1 Å². The van der Waals surface area contributed by atoms with E-state index >= 15 is 0 Å². The normalized spacial score (nSPS) is 21.1. The van der Waals surface area contributed by atoms with Crippen LogP contribution in [-0.2, 0) is 14.3 Å². The lowest BCUT2D eigenvalue weighted by Crippen LogP contribution is -2.39. The van der Waals surface area contributed by atoms with E-state index in [4.69, 9.17) is 4.74 Å². The quantitative estimate of drug-likeness (QED) is 0.407. The molecule has 1 atom stereocenters. The Kier molecular flexibility index (Phi) is 6.80. The first-order valence-corrected chi connectivity index (χ1v) is 11.0. The predicted molar refractivity (Wildman–Crippen MR) is 119 cm³/mol. The van der Waals surface area contributed by atoms with Crippen molar-refractivity contribution in [2.75, 3.05) is 39.4 Å². The molecular formula is C24H27FN4O4. The van der Waals surface area contributed by atoms with Crippen LogP contribution in [0.15, 0.2) is 36.0 Å². The van der Waals surface area contributed by atoms with Gasteiger partial charge in [-0.25, -0.2) is 14.4 Å². The van der Waals surface area contributed by atoms with Gasteiger partial charge in [0.25, 0.3) is 11.7 Å². The number of aryl methyl sites for hydroxylation is 2. The van der Waals surface area contributed by atoms with E-state index in [2.05, 4.69) is 14.9 Å². The van der Waals surface area contributed by atoms with Crippen molar-refractivity contribution in [2.45, 2.75) is 26.3 Å². The first kappa shape index (κ1) is 23.0. The zero-order valence-corrected chi connectivity index (χ0v) is 18.8. The maximum absolute atomic E-state index is 14.1. The molecule has 0 aliphatic carbocycles. The third-order valence-corrected chi connectivity index (χ3v) is 6.04. The van der Waals surface area contributed by atoms with Gasteiger partial charge in [-0.05, 0) is 38.0 Å². The number of morpholine rings is 1. The number of halogens is 1. The van der Waals surface area contributed by atoms with Crippen LogP contribution in [0.5, 0.6) is 0 Å². The number of hydrogen-bond acceptors (Lipinski definition) is 7. The number of aliphatic hydroxyl groups excluding tert-OH is 1. The highest BCUT2D eigenvalue weighted by Gasteiger charge is 2.46. The number of aliphatic hydroxyl groups is 1. The highest BCUT2D eigenvalue weighted by molar-refractivity contribution is 6.46. The van der Waals surface area contributed by atoms with Crippen LogP contribution < -0.4 is 0 Å². The number of likely N-dealkylation sites (tertiary alicyclic amines) is 1. The van der Waals surface area contributed by atoms with E-state index in [0.717, 1.165) is 19.6 Å². The molecule has 1 unspecified atom stereocenters. The van der Waals surface area contributed by atoms with Gasteiger partial charge < -0.3 is 14.7 Å². The fourth-order valence-electron chi connectivity index (χ4n) is 4.38. The molecule has 1 aromatic heterocycles. The van der Waals surface area contributed by atoms with Gasteiger partial charge in [0.1, 0.15) is 17.4 Å². The van der Waals surface area contributed by atoms with E-state index in [1.807, 2.05) is 0 Å². The van der Waals surface area contributed by atoms with E-state index in [-0.39, 0.29) is 16.9 Å². The Balaban J connectivity index is 1.70. The van der Waals surface area contributed by atoms with Gasteiger partial charge in [0, 0.05) is 32.4 Å². The molecule has 2 aromatic rings. The number of nitrogens with zero attached hydrogens (tertiary/aromatic N) is 4. The van der Waals surface area contributed by atoms with Gasteiger partial charge in [-0.1, -0.05) is 12.1 Å². The van der Waals surface area contributed by atoms with Gasteiger partial charge in [0.2, 0.25) is 0 Å². The molecule has 2 aliphatic rings. The van der Waals surface area contributed by atoms with Crippen LogP contribution in [0.1, 0.15) is 35.1 Å². The van der Waals surface area contributed by atoms with Crippen LogP contribution in [0.4, 0.5) is 4.39 Å². The molecular weight excluding hydrogens is 427 g/mol. The van der Waals surface area contributed by atoms with Gasteiger partial charge in [-0.15, -0.1) is 0 Å². The van der Waals surface area contributed by atoms with E-state index in [0.29, 0.717) is 43.3 Å². The summed E-state index contributed by atoms with van der Waals surface area (Å²) in [6, 6.07) is 4.87. The molecule has 33 heavy (non-hydrogen) atoms. The molecule has 9 heteroatoms. The Bertz CT molecular complexity index is 1100. The molecule has 0 saturated carbocycles. The van der Waals surface area contributed by atoms with Crippen molar-refractivity contribution in [1.82, 2.24) is 19.8 Å². The van der Waals surface area contributed by atoms with Crippen molar-refractivity contribution in [1.29, 1.82) is 0 Å². The molecule has 3 heterocycles. The summed E-state index contributed by atoms with van der Waals surface area (Å²) >= 11 is 0. The molecule has 1 N–H and O–H groups in total. The molecule has 1 aromatic carbocycles. The van der Waals surface area contributed by atoms with Gasteiger partial charge in [-0.3, -0.25) is 14.5 Å². The Labute approximate surface area is 191 Å². The fraction of sp³-hybridized carbons (Fsp3) is 0.417. The summed E-state index contributed by atoms with van der Waals surface area (Å²) in [6.45, 7) is 7.43. The third kappa shape index (κ3) is 4.79. The summed E-state index contributed by atoms with van der Waals surface area (Å²) in [4.78, 5) is 38.1. The molecule has 8 nitrogen and oxygen atoms in total. The lowest BCUT2D eigenvalue weighted by atomic mass is 9.95. The number of carbonyl (C=O) groups is 2. The summed E-state index contributed by atoms with van der Waals surface area (Å²) in [7, 11) is 0.